The van der Waals surface area contributed by atoms with Crippen molar-refractivity contribution in [3.8, 4) is 5.75 Å². The van der Waals surface area contributed by atoms with Gasteiger partial charge in [-0.05, 0) is 24.6 Å². The van der Waals surface area contributed by atoms with E-state index in [2.05, 4.69) is 11.1 Å². The summed E-state index contributed by atoms with van der Waals surface area (Å²) in [6, 6.07) is 11.7. The number of aromatic hydroxyl groups is 1. The summed E-state index contributed by atoms with van der Waals surface area (Å²) in [5.41, 5.74) is 3.21. The predicted octanol–water partition coefficient (Wildman–Crippen LogP) is 3.34. The second kappa shape index (κ2) is 2.76. The maximum atomic E-state index is 9.52. The van der Waals surface area contributed by atoms with Crippen molar-refractivity contribution in [2.24, 2.45) is 0 Å². The summed E-state index contributed by atoms with van der Waals surface area (Å²) in [6.07, 6.45) is 0. The van der Waals surface area contributed by atoms with E-state index in [1.165, 1.54) is 10.8 Å². The molecule has 0 amide bonds. The van der Waals surface area contributed by atoms with E-state index < -0.39 is 0 Å². The van der Waals surface area contributed by atoms with Gasteiger partial charge in [-0.25, -0.2) is 0 Å². The van der Waals surface area contributed by atoms with Gasteiger partial charge in [0.05, 0.1) is 5.52 Å². The summed E-state index contributed by atoms with van der Waals surface area (Å²) in [5.74, 6) is 0.312. The molecule has 0 atom stereocenters. The zero-order valence-corrected chi connectivity index (χ0v) is 8.41. The maximum absolute atomic E-state index is 9.52. The van der Waals surface area contributed by atoms with Crippen LogP contribution in [0.2, 0.25) is 0 Å². The fourth-order valence-electron chi connectivity index (χ4n) is 2.18. The molecule has 0 bridgehead atoms. The zero-order chi connectivity index (χ0) is 10.4. The number of phenols is 1. The summed E-state index contributed by atoms with van der Waals surface area (Å²) in [7, 11) is 0. The third kappa shape index (κ3) is 1.11. The highest BCUT2D eigenvalue weighted by atomic mass is 16.3. The van der Waals surface area contributed by atoms with Crippen LogP contribution in [0.3, 0.4) is 0 Å². The van der Waals surface area contributed by atoms with E-state index in [-0.39, 0.29) is 0 Å². The van der Waals surface area contributed by atoms with Crippen molar-refractivity contribution in [2.75, 3.05) is 0 Å². The first-order valence-electron chi connectivity index (χ1n) is 4.96. The van der Waals surface area contributed by atoms with Crippen LogP contribution in [0.25, 0.3) is 21.8 Å². The first-order chi connectivity index (χ1) is 7.25. The number of rotatable bonds is 0. The molecule has 0 aliphatic carbocycles. The molecule has 2 N–H and O–H groups in total. The lowest BCUT2D eigenvalue weighted by atomic mass is 10.1. The summed E-state index contributed by atoms with van der Waals surface area (Å²) < 4.78 is 0. The number of aryl methyl sites for hydroxylation is 1. The molecule has 0 aliphatic heterocycles. The molecule has 0 saturated carbocycles. The van der Waals surface area contributed by atoms with Crippen molar-refractivity contribution < 1.29 is 5.11 Å². The number of benzene rings is 2. The van der Waals surface area contributed by atoms with Gasteiger partial charge in [-0.2, -0.15) is 0 Å². The summed E-state index contributed by atoms with van der Waals surface area (Å²) >= 11 is 0. The van der Waals surface area contributed by atoms with Crippen LogP contribution in [0.5, 0.6) is 5.75 Å². The van der Waals surface area contributed by atoms with Crippen molar-refractivity contribution in [1.82, 2.24) is 4.98 Å². The number of aromatic nitrogens is 1. The average molecular weight is 197 g/mol. The minimum absolute atomic E-state index is 0.312. The number of phenolic OH excluding ortho intramolecular Hbond substituents is 1. The number of aromatic amines is 1. The summed E-state index contributed by atoms with van der Waals surface area (Å²) in [6.45, 7) is 2.02. The number of para-hydroxylation sites is 1. The standard InChI is InChI=1S/C13H11NO/c1-8-6-9(15)7-12-13(8)10-4-2-3-5-11(10)14-12/h2-7,14-15H,1H3. The minimum atomic E-state index is 0.312. The molecule has 74 valence electrons. The lowest BCUT2D eigenvalue weighted by Crippen LogP contribution is -1.75. The molecular weight excluding hydrogens is 186 g/mol. The fourth-order valence-corrected chi connectivity index (χ4v) is 2.18. The van der Waals surface area contributed by atoms with E-state index in [9.17, 15) is 5.11 Å². The van der Waals surface area contributed by atoms with Gasteiger partial charge in [0, 0.05) is 22.4 Å². The molecular formula is C13H11NO. The van der Waals surface area contributed by atoms with Crippen LogP contribution in [-0.4, -0.2) is 10.1 Å². The Morgan fingerprint density at radius 1 is 1.07 bits per heavy atom. The maximum Gasteiger partial charge on any atom is 0.117 e. The van der Waals surface area contributed by atoms with Crippen molar-refractivity contribution in [3.05, 3.63) is 42.0 Å². The molecule has 1 aromatic heterocycles. The van der Waals surface area contributed by atoms with E-state index >= 15 is 0 Å². The molecule has 0 spiro atoms. The van der Waals surface area contributed by atoms with Crippen molar-refractivity contribution in [2.45, 2.75) is 6.92 Å². The van der Waals surface area contributed by atoms with Crippen LogP contribution in [0.1, 0.15) is 5.56 Å². The third-order valence-corrected chi connectivity index (χ3v) is 2.79. The molecule has 3 aromatic rings. The lowest BCUT2D eigenvalue weighted by molar-refractivity contribution is 0.475. The van der Waals surface area contributed by atoms with Crippen LogP contribution in [-0.2, 0) is 0 Å². The molecule has 15 heavy (non-hydrogen) atoms. The Kier molecular flexibility index (Phi) is 1.54. The van der Waals surface area contributed by atoms with Crippen LogP contribution in [0, 0.1) is 6.92 Å². The quantitative estimate of drug-likeness (QED) is 0.569. The van der Waals surface area contributed by atoms with Gasteiger partial charge in [-0.1, -0.05) is 18.2 Å². The topological polar surface area (TPSA) is 36.0 Å². The van der Waals surface area contributed by atoms with Gasteiger partial charge in [0.2, 0.25) is 0 Å². The Morgan fingerprint density at radius 2 is 1.87 bits per heavy atom. The van der Waals surface area contributed by atoms with Gasteiger partial charge < -0.3 is 10.1 Å². The molecule has 2 aromatic carbocycles. The summed E-state index contributed by atoms with van der Waals surface area (Å²) in [4.78, 5) is 3.30. The molecule has 0 radical (unpaired) electrons. The fraction of sp³-hybridized carbons (Fsp3) is 0.0769. The first-order valence-corrected chi connectivity index (χ1v) is 4.96. The Hall–Kier alpha value is -1.96. The van der Waals surface area contributed by atoms with Crippen LogP contribution in [0.15, 0.2) is 36.4 Å². The number of hydrogen-bond acceptors (Lipinski definition) is 1. The van der Waals surface area contributed by atoms with E-state index in [4.69, 9.17) is 0 Å². The zero-order valence-electron chi connectivity index (χ0n) is 8.41. The van der Waals surface area contributed by atoms with Gasteiger partial charge in [-0.15, -0.1) is 0 Å². The average Bonchev–Trinajstić information content (AvgIpc) is 2.54. The monoisotopic (exact) mass is 197 g/mol. The van der Waals surface area contributed by atoms with Crippen molar-refractivity contribution >= 4 is 21.8 Å². The van der Waals surface area contributed by atoms with Gasteiger partial charge in [0.25, 0.3) is 0 Å². The highest BCUT2D eigenvalue weighted by Gasteiger charge is 2.06. The minimum Gasteiger partial charge on any atom is -0.508 e. The highest BCUT2D eigenvalue weighted by Crippen LogP contribution is 2.30. The van der Waals surface area contributed by atoms with E-state index in [1.54, 1.807) is 12.1 Å². The summed E-state index contributed by atoms with van der Waals surface area (Å²) in [5, 5.41) is 11.9. The number of fused-ring (bicyclic) bond motifs is 3. The van der Waals surface area contributed by atoms with Gasteiger partial charge >= 0.3 is 0 Å². The molecule has 2 heteroatoms. The number of nitrogens with one attached hydrogen (secondary N) is 1. The largest absolute Gasteiger partial charge is 0.508 e. The molecule has 3 rings (SSSR count). The Bertz CT molecular complexity index is 652. The second-order valence-electron chi connectivity index (χ2n) is 3.86. The van der Waals surface area contributed by atoms with Gasteiger partial charge in [-0.3, -0.25) is 0 Å². The molecule has 0 unspecified atom stereocenters. The normalized spacial score (nSPS) is 11.3. The third-order valence-electron chi connectivity index (χ3n) is 2.79. The molecule has 2 nitrogen and oxygen atoms in total. The van der Waals surface area contributed by atoms with Crippen molar-refractivity contribution in [1.29, 1.82) is 0 Å². The number of hydrogen-bond donors (Lipinski definition) is 2. The smallest absolute Gasteiger partial charge is 0.117 e. The lowest BCUT2D eigenvalue weighted by Gasteiger charge is -1.98. The first kappa shape index (κ1) is 8.36. The number of H-pyrrole nitrogens is 1. The van der Waals surface area contributed by atoms with Crippen molar-refractivity contribution in [3.63, 3.8) is 0 Å². The van der Waals surface area contributed by atoms with Gasteiger partial charge in [0.1, 0.15) is 5.75 Å². The van der Waals surface area contributed by atoms with E-state index in [1.807, 2.05) is 25.1 Å². The molecule has 0 aliphatic rings. The second-order valence-corrected chi connectivity index (χ2v) is 3.86. The Balaban J connectivity index is 2.61. The Labute approximate surface area is 87.2 Å². The van der Waals surface area contributed by atoms with E-state index in [0.29, 0.717) is 5.75 Å². The van der Waals surface area contributed by atoms with Crippen LogP contribution < -0.4 is 0 Å². The molecule has 0 saturated heterocycles. The Morgan fingerprint density at radius 3 is 2.73 bits per heavy atom. The van der Waals surface area contributed by atoms with Crippen LogP contribution >= 0.6 is 0 Å². The molecule has 1 heterocycles. The predicted molar refractivity (Wildman–Crippen MR) is 62.2 cm³/mol. The highest BCUT2D eigenvalue weighted by molar-refractivity contribution is 6.09. The van der Waals surface area contributed by atoms with E-state index in [0.717, 1.165) is 16.6 Å². The van der Waals surface area contributed by atoms with Crippen LogP contribution in [0.4, 0.5) is 0 Å². The molecule has 0 fully saturated rings. The SMILES string of the molecule is Cc1cc(O)cc2[nH]c3ccccc3c12. The van der Waals surface area contributed by atoms with Gasteiger partial charge in [0.15, 0.2) is 0 Å².